The van der Waals surface area contributed by atoms with Crippen LogP contribution >= 0.6 is 11.6 Å². The summed E-state index contributed by atoms with van der Waals surface area (Å²) in [6.45, 7) is 6.11. The van der Waals surface area contributed by atoms with Gasteiger partial charge in [-0.1, -0.05) is 11.6 Å². The summed E-state index contributed by atoms with van der Waals surface area (Å²) in [5.74, 6) is -2.47. The summed E-state index contributed by atoms with van der Waals surface area (Å²) < 4.78 is 18.8. The van der Waals surface area contributed by atoms with Gasteiger partial charge >= 0.3 is 5.97 Å². The number of halogens is 2. The van der Waals surface area contributed by atoms with Crippen LogP contribution in [0.5, 0.6) is 0 Å². The molecule has 1 aromatic carbocycles. The molecule has 25 heavy (non-hydrogen) atoms. The van der Waals surface area contributed by atoms with Crippen molar-refractivity contribution >= 4 is 29.1 Å². The largest absolute Gasteiger partial charge is 0.451 e. The summed E-state index contributed by atoms with van der Waals surface area (Å²) in [4.78, 5) is 39.1. The number of rotatable bonds is 5. The number of nitrogens with one attached hydrogen (secondary N) is 1. The zero-order chi connectivity index (χ0) is 18.9. The molecule has 2 aromatic rings. The highest BCUT2D eigenvalue weighted by molar-refractivity contribution is 6.30. The predicted octanol–water partition coefficient (Wildman–Crippen LogP) is 4.05. The summed E-state index contributed by atoms with van der Waals surface area (Å²) in [6, 6.07) is 3.53. The fourth-order valence-corrected chi connectivity index (χ4v) is 2.82. The fourth-order valence-electron chi connectivity index (χ4n) is 2.66. The molecule has 0 fully saturated rings. The van der Waals surface area contributed by atoms with Crippen molar-refractivity contribution in [3.63, 3.8) is 0 Å². The van der Waals surface area contributed by atoms with Gasteiger partial charge in [0, 0.05) is 16.3 Å². The number of ether oxygens (including phenoxy) is 1. The lowest BCUT2D eigenvalue weighted by Crippen LogP contribution is -2.25. The van der Waals surface area contributed by atoms with E-state index >= 15 is 0 Å². The van der Waals surface area contributed by atoms with Gasteiger partial charge in [-0.05, 0) is 51.5 Å². The van der Waals surface area contributed by atoms with Gasteiger partial charge < -0.3 is 9.72 Å². The number of carbonyl (C=O) groups is 3. The molecule has 132 valence electrons. The van der Waals surface area contributed by atoms with E-state index in [4.69, 9.17) is 16.3 Å². The molecule has 0 amide bonds. The average Bonchev–Trinajstić information content (AvgIpc) is 2.80. The average molecular weight is 366 g/mol. The van der Waals surface area contributed by atoms with Crippen LogP contribution in [0, 0.1) is 19.7 Å². The first kappa shape index (κ1) is 18.9. The Kier molecular flexibility index (Phi) is 5.42. The Morgan fingerprint density at radius 3 is 2.40 bits per heavy atom. The highest BCUT2D eigenvalue weighted by Gasteiger charge is 2.27. The molecule has 0 radical (unpaired) electrons. The van der Waals surface area contributed by atoms with Gasteiger partial charge in [0.1, 0.15) is 5.82 Å². The fraction of sp³-hybridized carbons (Fsp3) is 0.278. The second-order valence-corrected chi connectivity index (χ2v) is 6.15. The van der Waals surface area contributed by atoms with Crippen molar-refractivity contribution in [3.05, 3.63) is 57.1 Å². The lowest BCUT2D eigenvalue weighted by molar-refractivity contribution is 0.0312. The second-order valence-electron chi connectivity index (χ2n) is 5.72. The maximum atomic E-state index is 13.8. The molecule has 5 nitrogen and oxygen atoms in total. The molecule has 0 aliphatic rings. The van der Waals surface area contributed by atoms with Crippen LogP contribution in [0.1, 0.15) is 56.3 Å². The number of Topliss-reactive ketones (excluding diaryl/α,β-unsaturated/α-hetero) is 2. The minimum atomic E-state index is -1.15. The molecule has 1 N–H and O–H groups in total. The van der Waals surface area contributed by atoms with E-state index in [1.807, 2.05) is 0 Å². The van der Waals surface area contributed by atoms with Crippen molar-refractivity contribution in [2.45, 2.75) is 33.8 Å². The van der Waals surface area contributed by atoms with Gasteiger partial charge in [-0.3, -0.25) is 9.59 Å². The van der Waals surface area contributed by atoms with Gasteiger partial charge in [0.15, 0.2) is 11.9 Å². The SMILES string of the molecule is CC(=O)c1c(C)[nH]c(C(=O)C(C)OC(=O)c2ccc(Cl)cc2F)c1C. The topological polar surface area (TPSA) is 76.2 Å². The lowest BCUT2D eigenvalue weighted by atomic mass is 10.0. The first-order valence-electron chi connectivity index (χ1n) is 7.53. The smallest absolute Gasteiger partial charge is 0.341 e. The molecule has 7 heteroatoms. The van der Waals surface area contributed by atoms with Crippen molar-refractivity contribution in [1.29, 1.82) is 0 Å². The van der Waals surface area contributed by atoms with E-state index in [1.54, 1.807) is 13.8 Å². The van der Waals surface area contributed by atoms with Gasteiger partial charge in [0.2, 0.25) is 5.78 Å². The summed E-state index contributed by atoms with van der Waals surface area (Å²) in [7, 11) is 0. The molecule has 1 unspecified atom stereocenters. The Bertz CT molecular complexity index is 872. The molecule has 1 atom stereocenters. The summed E-state index contributed by atoms with van der Waals surface area (Å²) in [5, 5.41) is 0.146. The highest BCUT2D eigenvalue weighted by Crippen LogP contribution is 2.21. The van der Waals surface area contributed by atoms with E-state index in [-0.39, 0.29) is 22.1 Å². The molecule has 0 aliphatic heterocycles. The third-order valence-electron chi connectivity index (χ3n) is 3.84. The number of aromatic amines is 1. The number of ketones is 2. The second kappa shape index (κ2) is 7.19. The minimum absolute atomic E-state index is 0.146. The number of aryl methyl sites for hydroxylation is 1. The van der Waals surface area contributed by atoms with Crippen LogP contribution in [0.25, 0.3) is 0 Å². The quantitative estimate of drug-likeness (QED) is 0.640. The number of H-pyrrole nitrogens is 1. The Morgan fingerprint density at radius 2 is 1.88 bits per heavy atom. The predicted molar refractivity (Wildman–Crippen MR) is 90.9 cm³/mol. The van der Waals surface area contributed by atoms with Gasteiger partial charge in [0.05, 0.1) is 11.3 Å². The number of hydrogen-bond acceptors (Lipinski definition) is 4. The zero-order valence-corrected chi connectivity index (χ0v) is 15.0. The van der Waals surface area contributed by atoms with Gasteiger partial charge in [-0.25, -0.2) is 9.18 Å². The summed E-state index contributed by atoms with van der Waals surface area (Å²) in [5.41, 5.74) is 1.38. The summed E-state index contributed by atoms with van der Waals surface area (Å²) in [6.07, 6.45) is -1.15. The van der Waals surface area contributed by atoms with Crippen LogP contribution < -0.4 is 0 Å². The van der Waals surface area contributed by atoms with E-state index in [0.717, 1.165) is 6.07 Å². The third kappa shape index (κ3) is 3.79. The lowest BCUT2D eigenvalue weighted by Gasteiger charge is -2.12. The molecular formula is C18H17ClFNO4. The number of esters is 1. The summed E-state index contributed by atoms with van der Waals surface area (Å²) >= 11 is 5.64. The molecule has 1 heterocycles. The molecule has 1 aromatic heterocycles. The molecule has 0 bridgehead atoms. The molecular weight excluding hydrogens is 349 g/mol. The standard InChI is InChI=1S/C18H17ClFNO4/c1-8-15(10(3)22)9(2)21-16(8)17(23)11(4)25-18(24)13-6-5-12(19)7-14(13)20/h5-7,11,21H,1-4H3. The Balaban J connectivity index is 2.22. The maximum Gasteiger partial charge on any atom is 0.341 e. The normalized spacial score (nSPS) is 11.9. The van der Waals surface area contributed by atoms with Crippen LogP contribution in [0.15, 0.2) is 18.2 Å². The molecule has 0 spiro atoms. The minimum Gasteiger partial charge on any atom is -0.451 e. The first-order valence-corrected chi connectivity index (χ1v) is 7.91. The number of aromatic nitrogens is 1. The van der Waals surface area contributed by atoms with Crippen LogP contribution in [-0.2, 0) is 4.74 Å². The van der Waals surface area contributed by atoms with E-state index in [0.29, 0.717) is 16.8 Å². The van der Waals surface area contributed by atoms with E-state index in [9.17, 15) is 18.8 Å². The van der Waals surface area contributed by atoms with Gasteiger partial charge in [-0.15, -0.1) is 0 Å². The molecule has 0 saturated carbocycles. The van der Waals surface area contributed by atoms with Crippen molar-refractivity contribution in [2.24, 2.45) is 0 Å². The molecule has 2 rings (SSSR count). The van der Waals surface area contributed by atoms with Crippen LogP contribution in [-0.4, -0.2) is 28.6 Å². The Labute approximate surface area is 149 Å². The third-order valence-corrected chi connectivity index (χ3v) is 4.08. The van der Waals surface area contributed by atoms with Crippen LogP contribution in [0.4, 0.5) is 4.39 Å². The van der Waals surface area contributed by atoms with Crippen molar-refractivity contribution < 1.29 is 23.5 Å². The molecule has 0 aliphatic carbocycles. The first-order chi connectivity index (χ1) is 11.6. The number of carbonyl (C=O) groups excluding carboxylic acids is 3. The Morgan fingerprint density at radius 1 is 1.24 bits per heavy atom. The van der Waals surface area contributed by atoms with Gasteiger partial charge in [-0.2, -0.15) is 0 Å². The van der Waals surface area contributed by atoms with Crippen molar-refractivity contribution in [1.82, 2.24) is 4.98 Å². The van der Waals surface area contributed by atoms with Crippen LogP contribution in [0.3, 0.4) is 0 Å². The zero-order valence-electron chi connectivity index (χ0n) is 14.2. The van der Waals surface area contributed by atoms with Gasteiger partial charge in [0.25, 0.3) is 0 Å². The Hall–Kier alpha value is -2.47. The highest BCUT2D eigenvalue weighted by atomic mass is 35.5. The van der Waals surface area contributed by atoms with Crippen molar-refractivity contribution in [2.75, 3.05) is 0 Å². The van der Waals surface area contributed by atoms with E-state index in [1.165, 1.54) is 26.0 Å². The molecule has 0 saturated heterocycles. The maximum absolute atomic E-state index is 13.8. The van der Waals surface area contributed by atoms with Crippen molar-refractivity contribution in [3.8, 4) is 0 Å². The monoisotopic (exact) mass is 365 g/mol. The van der Waals surface area contributed by atoms with E-state index in [2.05, 4.69) is 4.98 Å². The van der Waals surface area contributed by atoms with E-state index < -0.39 is 23.7 Å². The van der Waals surface area contributed by atoms with Crippen LogP contribution in [0.2, 0.25) is 5.02 Å². The number of hydrogen-bond donors (Lipinski definition) is 1. The number of benzene rings is 1.